The highest BCUT2D eigenvalue weighted by atomic mass is 14.9. The first-order chi connectivity index (χ1) is 8.38. The minimum absolute atomic E-state index is 0.935. The molecule has 0 aliphatic heterocycles. The van der Waals surface area contributed by atoms with Crippen LogP contribution in [0, 0.1) is 0 Å². The topological polar surface area (TPSA) is 36.1 Å². The van der Waals surface area contributed by atoms with Crippen LogP contribution >= 0.6 is 0 Å². The first-order valence-electron chi connectivity index (χ1n) is 6.55. The Morgan fingerprint density at radius 1 is 1.00 bits per heavy atom. The fourth-order valence-corrected chi connectivity index (χ4v) is 1.78. The third-order valence-electron chi connectivity index (χ3n) is 2.74. The minimum atomic E-state index is 0.935. The van der Waals surface area contributed by atoms with Gasteiger partial charge in [-0.2, -0.15) is 0 Å². The van der Waals surface area contributed by atoms with E-state index >= 15 is 0 Å². The van der Waals surface area contributed by atoms with E-state index in [1.165, 1.54) is 24.1 Å². The fourth-order valence-electron chi connectivity index (χ4n) is 1.78. The second kappa shape index (κ2) is 9.02. The lowest BCUT2D eigenvalue weighted by molar-refractivity contribution is 0.592. The molecule has 0 radical (unpaired) electrons. The van der Waals surface area contributed by atoms with Crippen LogP contribution in [0.1, 0.15) is 25.3 Å². The highest BCUT2D eigenvalue weighted by molar-refractivity contribution is 5.50. The minimum Gasteiger partial charge on any atom is -0.388 e. The molecule has 3 nitrogen and oxygen atoms in total. The lowest BCUT2D eigenvalue weighted by Crippen LogP contribution is -2.22. The third kappa shape index (κ3) is 5.71. The van der Waals surface area contributed by atoms with E-state index in [0.717, 1.165) is 26.2 Å². The number of rotatable bonds is 9. The molecule has 0 bridgehead atoms. The van der Waals surface area contributed by atoms with Gasteiger partial charge in [0, 0.05) is 19.3 Å². The van der Waals surface area contributed by atoms with Gasteiger partial charge in [-0.3, -0.25) is 0 Å². The summed E-state index contributed by atoms with van der Waals surface area (Å²) in [4.78, 5) is 0. The highest BCUT2D eigenvalue weighted by Gasteiger charge is 1.98. The highest BCUT2D eigenvalue weighted by Crippen LogP contribution is 2.13. The molecule has 0 unspecified atom stereocenters. The number of nitrogens with one attached hydrogen (secondary N) is 3. The largest absolute Gasteiger partial charge is 0.388 e. The van der Waals surface area contributed by atoms with Crippen molar-refractivity contribution in [2.45, 2.75) is 26.3 Å². The molecule has 17 heavy (non-hydrogen) atoms. The lowest BCUT2D eigenvalue weighted by atomic mass is 10.2. The number of hydrogen-bond acceptors (Lipinski definition) is 3. The van der Waals surface area contributed by atoms with Crippen LogP contribution in [-0.4, -0.2) is 26.7 Å². The third-order valence-corrected chi connectivity index (χ3v) is 2.74. The molecule has 0 saturated carbocycles. The Morgan fingerprint density at radius 3 is 2.53 bits per heavy atom. The van der Waals surface area contributed by atoms with Crippen LogP contribution in [0.4, 0.5) is 5.69 Å². The summed E-state index contributed by atoms with van der Waals surface area (Å²) in [5.41, 5.74) is 2.54. The normalized spacial score (nSPS) is 10.5. The second-order valence-corrected chi connectivity index (χ2v) is 4.19. The maximum Gasteiger partial charge on any atom is 0.0383 e. The van der Waals surface area contributed by atoms with Crippen molar-refractivity contribution in [1.82, 2.24) is 10.6 Å². The number of anilines is 1. The Hall–Kier alpha value is -1.06. The molecular formula is C14H25N3. The first-order valence-corrected chi connectivity index (χ1v) is 6.55. The van der Waals surface area contributed by atoms with Gasteiger partial charge in [0.2, 0.25) is 0 Å². The predicted molar refractivity (Wildman–Crippen MR) is 75.5 cm³/mol. The van der Waals surface area contributed by atoms with E-state index < -0.39 is 0 Å². The van der Waals surface area contributed by atoms with Gasteiger partial charge in [0.05, 0.1) is 0 Å². The maximum absolute atomic E-state index is 3.47. The molecule has 1 aromatic carbocycles. The molecule has 0 aliphatic rings. The molecule has 0 aliphatic carbocycles. The van der Waals surface area contributed by atoms with E-state index in [9.17, 15) is 0 Å². The summed E-state index contributed by atoms with van der Waals surface area (Å²) in [6.45, 7) is 6.43. The fraction of sp³-hybridized carbons (Fsp3) is 0.571. The summed E-state index contributed by atoms with van der Waals surface area (Å²) in [5, 5.41) is 10.1. The standard InChI is InChI=1S/C14H25N3/c1-3-9-16-10-6-11-17-12-13-7-4-5-8-14(13)15-2/h4-5,7-8,15-17H,3,6,9-12H2,1-2H3. The zero-order valence-electron chi connectivity index (χ0n) is 11.1. The van der Waals surface area contributed by atoms with Gasteiger partial charge in [0.1, 0.15) is 0 Å². The van der Waals surface area contributed by atoms with Crippen LogP contribution < -0.4 is 16.0 Å². The van der Waals surface area contributed by atoms with Crippen molar-refractivity contribution in [3.05, 3.63) is 29.8 Å². The summed E-state index contributed by atoms with van der Waals surface area (Å²) >= 11 is 0. The Balaban J connectivity index is 2.13. The van der Waals surface area contributed by atoms with Gasteiger partial charge < -0.3 is 16.0 Å². The van der Waals surface area contributed by atoms with Gasteiger partial charge in [-0.1, -0.05) is 25.1 Å². The summed E-state index contributed by atoms with van der Waals surface area (Å²) in [6.07, 6.45) is 2.39. The zero-order valence-corrected chi connectivity index (χ0v) is 11.1. The van der Waals surface area contributed by atoms with Crippen LogP contribution in [0.3, 0.4) is 0 Å². The molecule has 0 spiro atoms. The number of para-hydroxylation sites is 1. The van der Waals surface area contributed by atoms with Crippen molar-refractivity contribution >= 4 is 5.69 Å². The average molecular weight is 235 g/mol. The summed E-state index contributed by atoms with van der Waals surface area (Å²) < 4.78 is 0. The van der Waals surface area contributed by atoms with Crippen molar-refractivity contribution in [2.75, 3.05) is 32.0 Å². The van der Waals surface area contributed by atoms with Crippen LogP contribution in [0.25, 0.3) is 0 Å². The summed E-state index contributed by atoms with van der Waals surface area (Å²) in [7, 11) is 1.97. The van der Waals surface area contributed by atoms with Gasteiger partial charge in [-0.25, -0.2) is 0 Å². The molecule has 0 aromatic heterocycles. The van der Waals surface area contributed by atoms with Gasteiger partial charge in [0.25, 0.3) is 0 Å². The number of hydrogen-bond donors (Lipinski definition) is 3. The van der Waals surface area contributed by atoms with E-state index in [0.29, 0.717) is 0 Å². The zero-order chi connectivity index (χ0) is 12.3. The van der Waals surface area contributed by atoms with E-state index in [1.807, 2.05) is 7.05 Å². The second-order valence-electron chi connectivity index (χ2n) is 4.19. The Kier molecular flexibility index (Phi) is 7.43. The molecule has 0 amide bonds. The smallest absolute Gasteiger partial charge is 0.0383 e. The van der Waals surface area contributed by atoms with Crippen LogP contribution in [0.15, 0.2) is 24.3 Å². The molecule has 0 heterocycles. The monoisotopic (exact) mass is 235 g/mol. The van der Waals surface area contributed by atoms with Crippen molar-refractivity contribution in [2.24, 2.45) is 0 Å². The molecule has 0 saturated heterocycles. The van der Waals surface area contributed by atoms with Crippen LogP contribution in [-0.2, 0) is 6.54 Å². The van der Waals surface area contributed by atoms with Crippen molar-refractivity contribution in [3.63, 3.8) is 0 Å². The van der Waals surface area contributed by atoms with Crippen molar-refractivity contribution in [1.29, 1.82) is 0 Å². The van der Waals surface area contributed by atoms with E-state index in [1.54, 1.807) is 0 Å². The molecular weight excluding hydrogens is 210 g/mol. The molecule has 0 atom stereocenters. The Labute approximate surface area is 105 Å². The van der Waals surface area contributed by atoms with E-state index in [4.69, 9.17) is 0 Å². The van der Waals surface area contributed by atoms with Gasteiger partial charge >= 0.3 is 0 Å². The quantitative estimate of drug-likeness (QED) is 0.574. The van der Waals surface area contributed by atoms with Crippen molar-refractivity contribution in [3.8, 4) is 0 Å². The molecule has 3 N–H and O–H groups in total. The molecule has 96 valence electrons. The Bertz CT molecular complexity index is 299. The van der Waals surface area contributed by atoms with E-state index in [-0.39, 0.29) is 0 Å². The first kappa shape index (κ1) is 14.0. The Morgan fingerprint density at radius 2 is 1.76 bits per heavy atom. The van der Waals surface area contributed by atoms with Gasteiger partial charge in [0.15, 0.2) is 0 Å². The number of benzene rings is 1. The van der Waals surface area contributed by atoms with Crippen molar-refractivity contribution < 1.29 is 0 Å². The summed E-state index contributed by atoms with van der Waals surface area (Å²) in [5.74, 6) is 0. The van der Waals surface area contributed by atoms with Crippen LogP contribution in [0.2, 0.25) is 0 Å². The van der Waals surface area contributed by atoms with Gasteiger partial charge in [-0.05, 0) is 44.1 Å². The van der Waals surface area contributed by atoms with Gasteiger partial charge in [-0.15, -0.1) is 0 Å². The molecule has 1 aromatic rings. The molecule has 1 rings (SSSR count). The molecule has 0 fully saturated rings. The molecule has 3 heteroatoms. The van der Waals surface area contributed by atoms with E-state index in [2.05, 4.69) is 47.1 Å². The maximum atomic E-state index is 3.47. The lowest BCUT2D eigenvalue weighted by Gasteiger charge is -2.10. The summed E-state index contributed by atoms with van der Waals surface area (Å²) in [6, 6.07) is 8.42. The van der Waals surface area contributed by atoms with Crippen LogP contribution in [0.5, 0.6) is 0 Å². The SMILES string of the molecule is CCCNCCCNCc1ccccc1NC. The predicted octanol–water partition coefficient (Wildman–Crippen LogP) is 2.21. The average Bonchev–Trinajstić information content (AvgIpc) is 2.38.